The molecule has 0 radical (unpaired) electrons. The first-order valence-electron chi connectivity index (χ1n) is 6.18. The van der Waals surface area contributed by atoms with Crippen molar-refractivity contribution in [2.24, 2.45) is 0 Å². The van der Waals surface area contributed by atoms with Crippen LogP contribution in [0.2, 0.25) is 0 Å². The second-order valence-electron chi connectivity index (χ2n) is 4.21. The van der Waals surface area contributed by atoms with E-state index in [0.29, 0.717) is 26.5 Å². The summed E-state index contributed by atoms with van der Waals surface area (Å²) in [5, 5.41) is 6.74. The van der Waals surface area contributed by atoms with Gasteiger partial charge in [-0.2, -0.15) is 5.10 Å². The number of aryl methyl sites for hydroxylation is 1. The fourth-order valence-electron chi connectivity index (χ4n) is 1.97. The molecule has 0 atom stereocenters. The number of aromatic amines is 2. The van der Waals surface area contributed by atoms with Crippen LogP contribution in [0, 0.1) is 6.92 Å². The summed E-state index contributed by atoms with van der Waals surface area (Å²) >= 11 is 1.13. The minimum absolute atomic E-state index is 0.277. The minimum atomic E-state index is -0.446. The van der Waals surface area contributed by atoms with Gasteiger partial charge in [-0.1, -0.05) is 0 Å². The first-order chi connectivity index (χ1) is 10.1. The van der Waals surface area contributed by atoms with E-state index in [2.05, 4.69) is 25.1 Å². The molecule has 0 aromatic carbocycles. The number of nitrogens with one attached hydrogen (secondary N) is 2. The lowest BCUT2D eigenvalue weighted by Crippen LogP contribution is -2.10. The van der Waals surface area contributed by atoms with E-state index < -0.39 is 5.97 Å². The summed E-state index contributed by atoms with van der Waals surface area (Å²) < 4.78 is 4.98. The Morgan fingerprint density at radius 3 is 2.90 bits per heavy atom. The van der Waals surface area contributed by atoms with E-state index in [4.69, 9.17) is 4.74 Å². The second-order valence-corrected chi connectivity index (χ2v) is 5.20. The summed E-state index contributed by atoms with van der Waals surface area (Å²) in [7, 11) is 0. The smallest absolute Gasteiger partial charge is 0.348 e. The highest BCUT2D eigenvalue weighted by molar-refractivity contribution is 7.20. The van der Waals surface area contributed by atoms with Crippen molar-refractivity contribution < 1.29 is 9.53 Å². The van der Waals surface area contributed by atoms with Gasteiger partial charge < -0.3 is 9.72 Å². The highest BCUT2D eigenvalue weighted by atomic mass is 32.1. The van der Waals surface area contributed by atoms with Gasteiger partial charge in [0.25, 0.3) is 5.56 Å². The molecule has 21 heavy (non-hydrogen) atoms. The van der Waals surface area contributed by atoms with Gasteiger partial charge in [0.1, 0.15) is 16.0 Å². The number of thiophene rings is 1. The average Bonchev–Trinajstić information content (AvgIpc) is 3.07. The van der Waals surface area contributed by atoms with Gasteiger partial charge in [0, 0.05) is 0 Å². The van der Waals surface area contributed by atoms with Crippen molar-refractivity contribution in [2.75, 3.05) is 6.61 Å². The standard InChI is InChI=1S/C12H11N5O3S/c1-3-20-12(19)7-5(2)6-10(18)15-9(16-11(6)21-7)8-13-4-14-17-8/h4H,3H2,1-2H3,(H,13,14,17)(H,15,16,18). The normalized spacial score (nSPS) is 11.0. The van der Waals surface area contributed by atoms with Crippen LogP contribution in [-0.4, -0.2) is 37.7 Å². The van der Waals surface area contributed by atoms with Crippen LogP contribution in [0.1, 0.15) is 22.2 Å². The third-order valence-corrected chi connectivity index (χ3v) is 4.07. The van der Waals surface area contributed by atoms with Gasteiger partial charge in [0.2, 0.25) is 0 Å². The number of carbonyl (C=O) groups is 1. The van der Waals surface area contributed by atoms with Crippen LogP contribution in [0.5, 0.6) is 0 Å². The molecular weight excluding hydrogens is 294 g/mol. The van der Waals surface area contributed by atoms with Gasteiger partial charge in [0.15, 0.2) is 11.6 Å². The zero-order valence-corrected chi connectivity index (χ0v) is 12.1. The van der Waals surface area contributed by atoms with E-state index in [9.17, 15) is 9.59 Å². The van der Waals surface area contributed by atoms with Crippen molar-refractivity contribution >= 4 is 27.5 Å². The van der Waals surface area contributed by atoms with Gasteiger partial charge in [-0.05, 0) is 19.4 Å². The van der Waals surface area contributed by atoms with E-state index in [1.54, 1.807) is 13.8 Å². The second kappa shape index (κ2) is 5.09. The molecule has 0 aliphatic heterocycles. The summed E-state index contributed by atoms with van der Waals surface area (Å²) in [5.41, 5.74) is 0.252. The number of carbonyl (C=O) groups excluding carboxylic acids is 1. The van der Waals surface area contributed by atoms with Gasteiger partial charge in [-0.3, -0.25) is 9.89 Å². The molecule has 8 nitrogen and oxygen atoms in total. The maximum absolute atomic E-state index is 12.2. The molecule has 108 valence electrons. The third-order valence-electron chi connectivity index (χ3n) is 2.90. The molecule has 3 aromatic rings. The van der Waals surface area contributed by atoms with Crippen LogP contribution in [-0.2, 0) is 4.74 Å². The maximum Gasteiger partial charge on any atom is 0.348 e. The van der Waals surface area contributed by atoms with Crippen molar-refractivity contribution in [1.82, 2.24) is 25.1 Å². The van der Waals surface area contributed by atoms with E-state index >= 15 is 0 Å². The van der Waals surface area contributed by atoms with Crippen LogP contribution in [0.4, 0.5) is 0 Å². The van der Waals surface area contributed by atoms with Crippen molar-refractivity contribution in [3.63, 3.8) is 0 Å². The monoisotopic (exact) mass is 305 g/mol. The molecule has 0 spiro atoms. The topological polar surface area (TPSA) is 114 Å². The predicted octanol–water partition coefficient (Wildman–Crippen LogP) is 1.25. The first-order valence-corrected chi connectivity index (χ1v) is 6.99. The Kier molecular flexibility index (Phi) is 3.26. The number of aromatic nitrogens is 5. The molecule has 0 unspecified atom stereocenters. The molecule has 3 aromatic heterocycles. The predicted molar refractivity (Wildman–Crippen MR) is 76.3 cm³/mol. The molecule has 0 aliphatic rings. The number of nitrogens with zero attached hydrogens (tertiary/aromatic N) is 3. The summed E-state index contributed by atoms with van der Waals surface area (Å²) in [6, 6.07) is 0. The van der Waals surface area contributed by atoms with Crippen molar-refractivity contribution in [1.29, 1.82) is 0 Å². The molecule has 9 heteroatoms. The van der Waals surface area contributed by atoms with E-state index in [1.807, 2.05) is 0 Å². The lowest BCUT2D eigenvalue weighted by atomic mass is 10.2. The number of hydrogen-bond acceptors (Lipinski definition) is 7. The number of rotatable bonds is 3. The first kappa shape index (κ1) is 13.4. The SMILES string of the molecule is CCOC(=O)c1sc2nc(-c3ncn[nH]3)[nH]c(=O)c2c1C. The Morgan fingerprint density at radius 2 is 2.24 bits per heavy atom. The van der Waals surface area contributed by atoms with Crippen LogP contribution < -0.4 is 5.56 Å². The molecule has 0 saturated heterocycles. The van der Waals surface area contributed by atoms with Gasteiger partial charge >= 0.3 is 5.97 Å². The van der Waals surface area contributed by atoms with Gasteiger partial charge in [-0.25, -0.2) is 14.8 Å². The molecule has 0 aliphatic carbocycles. The zero-order valence-electron chi connectivity index (χ0n) is 11.3. The Bertz CT molecular complexity index is 865. The lowest BCUT2D eigenvalue weighted by Gasteiger charge is -1.98. The Hall–Kier alpha value is -2.55. The molecule has 3 rings (SSSR count). The fraction of sp³-hybridized carbons (Fsp3) is 0.250. The molecule has 0 amide bonds. The molecule has 0 fully saturated rings. The van der Waals surface area contributed by atoms with Crippen molar-refractivity contribution in [2.45, 2.75) is 13.8 Å². The molecular formula is C12H11N5O3S. The lowest BCUT2D eigenvalue weighted by molar-refractivity contribution is 0.0531. The summed E-state index contributed by atoms with van der Waals surface area (Å²) in [6.07, 6.45) is 1.32. The largest absolute Gasteiger partial charge is 0.462 e. The Balaban J connectivity index is 2.20. The Morgan fingerprint density at radius 1 is 1.43 bits per heavy atom. The van der Waals surface area contributed by atoms with E-state index in [0.717, 1.165) is 11.3 Å². The summed E-state index contributed by atoms with van der Waals surface area (Å²) in [5.74, 6) is 0.193. The number of H-pyrrole nitrogens is 2. The van der Waals surface area contributed by atoms with Crippen LogP contribution in [0.3, 0.4) is 0 Å². The molecule has 0 bridgehead atoms. The average molecular weight is 305 g/mol. The number of ether oxygens (including phenoxy) is 1. The van der Waals surface area contributed by atoms with E-state index in [-0.39, 0.29) is 18.0 Å². The molecule has 2 N–H and O–H groups in total. The summed E-state index contributed by atoms with van der Waals surface area (Å²) in [4.78, 5) is 35.8. The summed E-state index contributed by atoms with van der Waals surface area (Å²) in [6.45, 7) is 3.71. The van der Waals surface area contributed by atoms with Crippen LogP contribution in [0.15, 0.2) is 11.1 Å². The highest BCUT2D eigenvalue weighted by Gasteiger charge is 2.20. The van der Waals surface area contributed by atoms with Crippen molar-refractivity contribution in [3.8, 4) is 11.6 Å². The van der Waals surface area contributed by atoms with Crippen molar-refractivity contribution in [3.05, 3.63) is 27.1 Å². The molecule has 3 heterocycles. The van der Waals surface area contributed by atoms with Crippen LogP contribution in [0.25, 0.3) is 21.9 Å². The van der Waals surface area contributed by atoms with Gasteiger partial charge in [-0.15, -0.1) is 11.3 Å². The number of hydrogen-bond donors (Lipinski definition) is 2. The molecule has 0 saturated carbocycles. The Labute approximate surface area is 122 Å². The minimum Gasteiger partial charge on any atom is -0.462 e. The third kappa shape index (κ3) is 2.21. The quantitative estimate of drug-likeness (QED) is 0.704. The number of fused-ring (bicyclic) bond motifs is 1. The van der Waals surface area contributed by atoms with E-state index in [1.165, 1.54) is 6.33 Å². The van der Waals surface area contributed by atoms with Gasteiger partial charge in [0.05, 0.1) is 12.0 Å². The van der Waals surface area contributed by atoms with Crippen LogP contribution >= 0.6 is 11.3 Å². The fourth-order valence-corrected chi connectivity index (χ4v) is 3.04. The number of esters is 1. The maximum atomic E-state index is 12.2. The highest BCUT2D eigenvalue weighted by Crippen LogP contribution is 2.28. The zero-order chi connectivity index (χ0) is 15.0.